The SMILES string of the molecule is COc1ccc(-n2nc(C3CCN(Cc4ccccc4)CC3)[nH]c2=O)cc1. The molecule has 1 N–H and O–H groups in total. The molecule has 1 fully saturated rings. The maximum Gasteiger partial charge on any atom is 0.348 e. The quantitative estimate of drug-likeness (QED) is 0.756. The molecule has 1 aromatic heterocycles. The van der Waals surface area contributed by atoms with Crippen molar-refractivity contribution in [1.29, 1.82) is 0 Å². The third-order valence-electron chi connectivity index (χ3n) is 5.18. The van der Waals surface area contributed by atoms with Crippen LogP contribution in [-0.2, 0) is 6.54 Å². The molecule has 2 aromatic carbocycles. The lowest BCUT2D eigenvalue weighted by molar-refractivity contribution is 0.201. The van der Waals surface area contributed by atoms with Crippen molar-refractivity contribution in [3.63, 3.8) is 0 Å². The van der Waals surface area contributed by atoms with Crippen LogP contribution in [0.3, 0.4) is 0 Å². The molecule has 0 radical (unpaired) electrons. The van der Waals surface area contributed by atoms with Crippen molar-refractivity contribution in [1.82, 2.24) is 19.7 Å². The summed E-state index contributed by atoms with van der Waals surface area (Å²) in [4.78, 5) is 17.8. The number of benzene rings is 2. The van der Waals surface area contributed by atoms with Crippen LogP contribution in [0.5, 0.6) is 5.75 Å². The number of H-pyrrole nitrogens is 1. The van der Waals surface area contributed by atoms with E-state index in [1.807, 2.05) is 30.3 Å². The second-order valence-electron chi connectivity index (χ2n) is 6.96. The number of rotatable bonds is 5. The van der Waals surface area contributed by atoms with Gasteiger partial charge < -0.3 is 4.74 Å². The van der Waals surface area contributed by atoms with Gasteiger partial charge in [0, 0.05) is 12.5 Å². The molecule has 6 nitrogen and oxygen atoms in total. The minimum absolute atomic E-state index is 0.193. The largest absolute Gasteiger partial charge is 0.497 e. The molecule has 1 aliphatic rings. The Morgan fingerprint density at radius 2 is 1.78 bits per heavy atom. The molecule has 4 rings (SSSR count). The summed E-state index contributed by atoms with van der Waals surface area (Å²) >= 11 is 0. The zero-order valence-electron chi connectivity index (χ0n) is 15.5. The third-order valence-corrected chi connectivity index (χ3v) is 5.18. The first-order valence-corrected chi connectivity index (χ1v) is 9.33. The Balaban J connectivity index is 1.42. The highest BCUT2D eigenvalue weighted by Gasteiger charge is 2.24. The number of likely N-dealkylation sites (tertiary alicyclic amines) is 1. The number of aromatic amines is 1. The first-order valence-electron chi connectivity index (χ1n) is 9.33. The van der Waals surface area contributed by atoms with Crippen LogP contribution in [-0.4, -0.2) is 39.9 Å². The molecule has 0 unspecified atom stereocenters. The van der Waals surface area contributed by atoms with Crippen LogP contribution >= 0.6 is 0 Å². The first kappa shape index (κ1) is 17.5. The van der Waals surface area contributed by atoms with Gasteiger partial charge in [-0.25, -0.2) is 4.79 Å². The molecule has 1 aliphatic heterocycles. The van der Waals surface area contributed by atoms with E-state index in [-0.39, 0.29) is 5.69 Å². The molecule has 1 saturated heterocycles. The van der Waals surface area contributed by atoms with Gasteiger partial charge in [0.15, 0.2) is 0 Å². The van der Waals surface area contributed by atoms with Crippen molar-refractivity contribution >= 4 is 0 Å². The monoisotopic (exact) mass is 364 g/mol. The van der Waals surface area contributed by atoms with Crippen LogP contribution in [0.1, 0.15) is 30.1 Å². The van der Waals surface area contributed by atoms with Crippen LogP contribution in [0.15, 0.2) is 59.4 Å². The van der Waals surface area contributed by atoms with Crippen molar-refractivity contribution in [2.75, 3.05) is 20.2 Å². The Kier molecular flexibility index (Phi) is 5.07. The fourth-order valence-corrected chi connectivity index (χ4v) is 3.63. The number of ether oxygens (including phenoxy) is 1. The van der Waals surface area contributed by atoms with E-state index in [1.165, 1.54) is 10.2 Å². The van der Waals surface area contributed by atoms with Gasteiger partial charge in [-0.15, -0.1) is 5.10 Å². The molecule has 0 atom stereocenters. The number of nitrogens with one attached hydrogen (secondary N) is 1. The lowest BCUT2D eigenvalue weighted by Gasteiger charge is -2.30. The summed E-state index contributed by atoms with van der Waals surface area (Å²) in [6.07, 6.45) is 2.00. The van der Waals surface area contributed by atoms with Gasteiger partial charge in [-0.2, -0.15) is 4.68 Å². The summed E-state index contributed by atoms with van der Waals surface area (Å²) in [5, 5.41) is 4.56. The average Bonchev–Trinajstić information content (AvgIpc) is 3.11. The summed E-state index contributed by atoms with van der Waals surface area (Å²) in [7, 11) is 1.62. The van der Waals surface area contributed by atoms with Crippen LogP contribution < -0.4 is 10.4 Å². The summed E-state index contributed by atoms with van der Waals surface area (Å²) in [5.74, 6) is 1.84. The lowest BCUT2D eigenvalue weighted by atomic mass is 9.96. The molecular formula is C21H24N4O2. The minimum Gasteiger partial charge on any atom is -0.497 e. The zero-order chi connectivity index (χ0) is 18.6. The second kappa shape index (κ2) is 7.80. The number of methoxy groups -OCH3 is 1. The van der Waals surface area contributed by atoms with Gasteiger partial charge in [-0.3, -0.25) is 9.88 Å². The van der Waals surface area contributed by atoms with E-state index in [0.29, 0.717) is 5.92 Å². The van der Waals surface area contributed by atoms with Gasteiger partial charge in [0.2, 0.25) is 0 Å². The normalized spacial score (nSPS) is 15.7. The van der Waals surface area contributed by atoms with Gasteiger partial charge in [0.05, 0.1) is 12.8 Å². The Morgan fingerprint density at radius 1 is 1.07 bits per heavy atom. The zero-order valence-corrected chi connectivity index (χ0v) is 15.5. The van der Waals surface area contributed by atoms with Crippen LogP contribution in [0.4, 0.5) is 0 Å². The van der Waals surface area contributed by atoms with Crippen LogP contribution in [0.25, 0.3) is 5.69 Å². The summed E-state index contributed by atoms with van der Waals surface area (Å²) in [5.41, 5.74) is 1.89. The molecule has 0 amide bonds. The highest BCUT2D eigenvalue weighted by molar-refractivity contribution is 5.36. The number of nitrogens with zero attached hydrogens (tertiary/aromatic N) is 3. The van der Waals surface area contributed by atoms with E-state index in [0.717, 1.165) is 49.7 Å². The topological polar surface area (TPSA) is 63.1 Å². The molecule has 140 valence electrons. The molecular weight excluding hydrogens is 340 g/mol. The minimum atomic E-state index is -0.193. The first-order chi connectivity index (χ1) is 13.2. The van der Waals surface area contributed by atoms with E-state index in [4.69, 9.17) is 4.74 Å². The molecule has 0 bridgehead atoms. The summed E-state index contributed by atoms with van der Waals surface area (Å²) < 4.78 is 6.60. The van der Waals surface area contributed by atoms with Gasteiger partial charge >= 0.3 is 5.69 Å². The smallest absolute Gasteiger partial charge is 0.348 e. The van der Waals surface area contributed by atoms with Gasteiger partial charge in [-0.1, -0.05) is 30.3 Å². The van der Waals surface area contributed by atoms with Gasteiger partial charge in [0.25, 0.3) is 0 Å². The van der Waals surface area contributed by atoms with E-state index in [1.54, 1.807) is 7.11 Å². The van der Waals surface area contributed by atoms with Crippen molar-refractivity contribution < 1.29 is 4.74 Å². The molecule has 0 spiro atoms. The summed E-state index contributed by atoms with van der Waals surface area (Å²) in [6.45, 7) is 3.00. The maximum atomic E-state index is 12.3. The number of aromatic nitrogens is 3. The predicted molar refractivity (Wildman–Crippen MR) is 104 cm³/mol. The van der Waals surface area contributed by atoms with Crippen molar-refractivity contribution in [3.05, 3.63) is 76.5 Å². The average molecular weight is 364 g/mol. The van der Waals surface area contributed by atoms with Crippen molar-refractivity contribution in [2.24, 2.45) is 0 Å². The summed E-state index contributed by atoms with van der Waals surface area (Å²) in [6, 6.07) is 17.9. The Morgan fingerprint density at radius 3 is 2.44 bits per heavy atom. The van der Waals surface area contributed by atoms with Crippen molar-refractivity contribution in [3.8, 4) is 11.4 Å². The maximum absolute atomic E-state index is 12.3. The molecule has 6 heteroatoms. The number of hydrogen-bond acceptors (Lipinski definition) is 4. The molecule has 27 heavy (non-hydrogen) atoms. The van der Waals surface area contributed by atoms with Crippen LogP contribution in [0, 0.1) is 0 Å². The highest BCUT2D eigenvalue weighted by atomic mass is 16.5. The van der Waals surface area contributed by atoms with E-state index in [2.05, 4.69) is 39.2 Å². The Bertz CT molecular complexity index is 923. The highest BCUT2D eigenvalue weighted by Crippen LogP contribution is 2.26. The van der Waals surface area contributed by atoms with E-state index >= 15 is 0 Å². The fraction of sp³-hybridized carbons (Fsp3) is 0.333. The Hall–Kier alpha value is -2.86. The van der Waals surface area contributed by atoms with Crippen LogP contribution in [0.2, 0.25) is 0 Å². The number of hydrogen-bond donors (Lipinski definition) is 1. The van der Waals surface area contributed by atoms with E-state index < -0.39 is 0 Å². The van der Waals surface area contributed by atoms with Gasteiger partial charge in [0.1, 0.15) is 11.6 Å². The molecule has 2 heterocycles. The predicted octanol–water partition coefficient (Wildman–Crippen LogP) is 2.95. The van der Waals surface area contributed by atoms with Gasteiger partial charge in [-0.05, 0) is 55.8 Å². The molecule has 0 saturated carbocycles. The second-order valence-corrected chi connectivity index (χ2v) is 6.96. The standard InChI is InChI=1S/C21H24N4O2/c1-27-19-9-7-18(8-10-19)25-21(26)22-20(23-25)17-11-13-24(14-12-17)15-16-5-3-2-4-6-16/h2-10,17H,11-15H2,1H3,(H,22,23,26). The lowest BCUT2D eigenvalue weighted by Crippen LogP contribution is -2.32. The van der Waals surface area contributed by atoms with E-state index in [9.17, 15) is 4.79 Å². The van der Waals surface area contributed by atoms with Crippen molar-refractivity contribution in [2.45, 2.75) is 25.3 Å². The third kappa shape index (κ3) is 3.95. The molecule has 3 aromatic rings. The Labute approximate surface area is 158 Å². The molecule has 0 aliphatic carbocycles. The fourth-order valence-electron chi connectivity index (χ4n) is 3.63. The number of piperidine rings is 1.